The Hall–Kier alpha value is -1.86. The quantitative estimate of drug-likeness (QED) is 0.705. The normalized spacial score (nSPS) is 32.5. The van der Waals surface area contributed by atoms with E-state index in [-0.39, 0.29) is 46.8 Å². The molecule has 0 spiro atoms. The Morgan fingerprint density at radius 1 is 1.34 bits per heavy atom. The first-order valence-corrected chi connectivity index (χ1v) is 10.5. The van der Waals surface area contributed by atoms with E-state index in [1.54, 1.807) is 0 Å². The first-order chi connectivity index (χ1) is 13.8. The summed E-state index contributed by atoms with van der Waals surface area (Å²) in [5.41, 5.74) is -0.317. The van der Waals surface area contributed by atoms with E-state index < -0.39 is 5.82 Å². The fourth-order valence-electron chi connectivity index (χ4n) is 4.90. The van der Waals surface area contributed by atoms with Crippen molar-refractivity contribution in [2.24, 2.45) is 17.8 Å². The number of carbonyl (C=O) groups is 2. The van der Waals surface area contributed by atoms with Crippen molar-refractivity contribution >= 4 is 23.4 Å². The Bertz CT molecular complexity index is 799. The number of fused-ring (bicyclic) bond motifs is 1. The minimum absolute atomic E-state index is 0.00592. The molecule has 2 bridgehead atoms. The number of ether oxygens (including phenoxy) is 2. The molecule has 0 aromatic heterocycles. The fourth-order valence-corrected chi connectivity index (χ4v) is 5.01. The molecule has 1 saturated heterocycles. The summed E-state index contributed by atoms with van der Waals surface area (Å²) in [6, 6.07) is 4.06. The van der Waals surface area contributed by atoms with E-state index in [2.05, 4.69) is 10.6 Å². The van der Waals surface area contributed by atoms with E-state index in [0.29, 0.717) is 24.8 Å². The van der Waals surface area contributed by atoms with Crippen molar-refractivity contribution in [1.82, 2.24) is 10.6 Å². The highest BCUT2D eigenvalue weighted by Crippen LogP contribution is 2.55. The summed E-state index contributed by atoms with van der Waals surface area (Å²) in [5, 5.41) is 6.11. The number of hydrogen-bond donors (Lipinski definition) is 2. The minimum Gasteiger partial charge on any atom is -0.484 e. The molecule has 6 nitrogen and oxygen atoms in total. The van der Waals surface area contributed by atoms with Crippen molar-refractivity contribution in [1.29, 1.82) is 0 Å². The maximum absolute atomic E-state index is 13.4. The number of hydrogen-bond acceptors (Lipinski definition) is 4. The summed E-state index contributed by atoms with van der Waals surface area (Å²) < 4.78 is 24.3. The van der Waals surface area contributed by atoms with Gasteiger partial charge in [0, 0.05) is 36.6 Å². The highest BCUT2D eigenvalue weighted by molar-refractivity contribution is 6.30. The Labute approximate surface area is 174 Å². The smallest absolute Gasteiger partial charge is 0.258 e. The van der Waals surface area contributed by atoms with Crippen LogP contribution in [-0.4, -0.2) is 43.2 Å². The molecule has 1 aromatic rings. The molecule has 1 aliphatic heterocycles. The third-order valence-electron chi connectivity index (χ3n) is 6.56. The Morgan fingerprint density at radius 3 is 2.83 bits per heavy atom. The molecule has 1 aromatic carbocycles. The van der Waals surface area contributed by atoms with Crippen LogP contribution in [0.25, 0.3) is 0 Å². The zero-order valence-corrected chi connectivity index (χ0v) is 17.1. The summed E-state index contributed by atoms with van der Waals surface area (Å²) in [6.45, 7) is 3.24. The maximum atomic E-state index is 13.4. The minimum atomic E-state index is -0.590. The second-order valence-electron chi connectivity index (χ2n) is 8.54. The zero-order valence-electron chi connectivity index (χ0n) is 16.4. The second kappa shape index (κ2) is 8.11. The van der Waals surface area contributed by atoms with Gasteiger partial charge in [-0.1, -0.05) is 11.6 Å². The maximum Gasteiger partial charge on any atom is 0.258 e. The molecule has 2 N–H and O–H groups in total. The van der Waals surface area contributed by atoms with E-state index in [1.165, 1.54) is 12.1 Å². The lowest BCUT2D eigenvalue weighted by atomic mass is 9.76. The monoisotopic (exact) mass is 424 g/mol. The molecular weight excluding hydrogens is 399 g/mol. The molecule has 29 heavy (non-hydrogen) atoms. The van der Waals surface area contributed by atoms with Crippen molar-refractivity contribution < 1.29 is 23.5 Å². The van der Waals surface area contributed by atoms with E-state index >= 15 is 0 Å². The van der Waals surface area contributed by atoms with Crippen molar-refractivity contribution in [2.45, 2.75) is 44.2 Å². The lowest BCUT2D eigenvalue weighted by molar-refractivity contribution is -0.126. The molecule has 2 unspecified atom stereocenters. The van der Waals surface area contributed by atoms with Gasteiger partial charge in [0.15, 0.2) is 6.61 Å². The topological polar surface area (TPSA) is 76.7 Å². The van der Waals surface area contributed by atoms with Crippen LogP contribution in [-0.2, 0) is 14.3 Å². The van der Waals surface area contributed by atoms with Crippen LogP contribution in [0.15, 0.2) is 18.2 Å². The number of amides is 2. The summed E-state index contributed by atoms with van der Waals surface area (Å²) in [7, 11) is 0. The average molecular weight is 425 g/mol. The number of nitrogens with one attached hydrogen (secondary N) is 2. The molecular formula is C21H26ClFN2O4. The van der Waals surface area contributed by atoms with Crippen LogP contribution in [0.4, 0.5) is 4.39 Å². The Balaban J connectivity index is 1.23. The van der Waals surface area contributed by atoms with Crippen molar-refractivity contribution in [3.63, 3.8) is 0 Å². The van der Waals surface area contributed by atoms with Crippen molar-refractivity contribution in [3.05, 3.63) is 29.0 Å². The molecule has 0 radical (unpaired) electrons. The molecule has 3 saturated carbocycles. The number of rotatable bonds is 7. The average Bonchev–Trinajstić information content (AvgIpc) is 3.33. The molecule has 1 heterocycles. The fraction of sp³-hybridized carbons (Fsp3) is 0.619. The van der Waals surface area contributed by atoms with Gasteiger partial charge in [-0.05, 0) is 50.7 Å². The van der Waals surface area contributed by atoms with Crippen LogP contribution in [0, 0.1) is 23.6 Å². The third kappa shape index (κ3) is 4.36. The van der Waals surface area contributed by atoms with Gasteiger partial charge in [0.1, 0.15) is 11.6 Å². The van der Waals surface area contributed by atoms with Crippen LogP contribution < -0.4 is 15.4 Å². The van der Waals surface area contributed by atoms with E-state index in [4.69, 9.17) is 21.1 Å². The second-order valence-corrected chi connectivity index (χ2v) is 8.95. The summed E-state index contributed by atoms with van der Waals surface area (Å²) >= 11 is 5.64. The lowest BCUT2D eigenvalue weighted by Gasteiger charge is -2.39. The van der Waals surface area contributed by atoms with Crippen molar-refractivity contribution in [2.75, 3.05) is 19.8 Å². The van der Waals surface area contributed by atoms with E-state index in [0.717, 1.165) is 31.9 Å². The number of carbonyl (C=O) groups excluding carboxylic acids is 2. The van der Waals surface area contributed by atoms with Crippen LogP contribution in [0.1, 0.15) is 32.6 Å². The summed E-state index contributed by atoms with van der Waals surface area (Å²) in [5.74, 6) is 0.109. The SMILES string of the molecule is CC1OCCC1CNC(=O)[C@@H]1CC2(NC(=O)COc3ccc(Cl)c(F)c3)CC1C2. The van der Waals surface area contributed by atoms with Crippen LogP contribution in [0.2, 0.25) is 5.02 Å². The molecule has 4 fully saturated rings. The Kier molecular flexibility index (Phi) is 5.71. The van der Waals surface area contributed by atoms with Crippen LogP contribution in [0.3, 0.4) is 0 Å². The third-order valence-corrected chi connectivity index (χ3v) is 6.87. The Morgan fingerprint density at radius 2 is 2.14 bits per heavy atom. The van der Waals surface area contributed by atoms with Crippen molar-refractivity contribution in [3.8, 4) is 5.75 Å². The largest absolute Gasteiger partial charge is 0.484 e. The van der Waals surface area contributed by atoms with Gasteiger partial charge in [0.25, 0.3) is 5.91 Å². The molecule has 3 atom stereocenters. The predicted molar refractivity (Wildman–Crippen MR) is 105 cm³/mol. The van der Waals surface area contributed by atoms with Gasteiger partial charge in [-0.3, -0.25) is 9.59 Å². The summed E-state index contributed by atoms with van der Waals surface area (Å²) in [4.78, 5) is 24.9. The molecule has 158 valence electrons. The van der Waals surface area contributed by atoms with Gasteiger partial charge in [-0.2, -0.15) is 0 Å². The van der Waals surface area contributed by atoms with Crippen LogP contribution >= 0.6 is 11.6 Å². The first kappa shape index (κ1) is 20.4. The molecule has 4 aliphatic rings. The summed E-state index contributed by atoms with van der Waals surface area (Å²) in [6.07, 6.45) is 3.45. The van der Waals surface area contributed by atoms with Gasteiger partial charge >= 0.3 is 0 Å². The molecule has 3 aliphatic carbocycles. The zero-order chi connectivity index (χ0) is 20.6. The van der Waals surface area contributed by atoms with Gasteiger partial charge in [-0.15, -0.1) is 0 Å². The number of benzene rings is 1. The van der Waals surface area contributed by atoms with Gasteiger partial charge in [0.2, 0.25) is 5.91 Å². The van der Waals surface area contributed by atoms with Crippen LogP contribution in [0.5, 0.6) is 5.75 Å². The first-order valence-electron chi connectivity index (χ1n) is 10.1. The molecule has 5 rings (SSSR count). The highest BCUT2D eigenvalue weighted by Gasteiger charge is 2.58. The predicted octanol–water partition coefficient (Wildman–Crippen LogP) is 2.68. The standard InChI is InChI=1S/C21H26ClFN2O4/c1-12-13(4-5-28-12)10-24-20(27)16-9-21(7-14(16)8-21)25-19(26)11-29-15-2-3-17(22)18(23)6-15/h2-3,6,12-14,16H,4-5,7-11H2,1H3,(H,24,27)(H,25,26)/t12?,13?,14?,16-,21?/m1/s1. The number of halogens is 2. The lowest BCUT2D eigenvalue weighted by Crippen LogP contribution is -2.53. The van der Waals surface area contributed by atoms with Gasteiger partial charge in [-0.25, -0.2) is 4.39 Å². The highest BCUT2D eigenvalue weighted by atomic mass is 35.5. The van der Waals surface area contributed by atoms with Gasteiger partial charge < -0.3 is 20.1 Å². The van der Waals surface area contributed by atoms with E-state index in [1.807, 2.05) is 6.92 Å². The molecule has 2 amide bonds. The van der Waals surface area contributed by atoms with E-state index in [9.17, 15) is 14.0 Å². The molecule has 8 heteroatoms. The van der Waals surface area contributed by atoms with Gasteiger partial charge in [0.05, 0.1) is 11.1 Å².